The molecule has 0 saturated heterocycles. The summed E-state index contributed by atoms with van der Waals surface area (Å²) in [6.45, 7) is 2.84. The number of aromatic nitrogens is 2. The second kappa shape index (κ2) is 4.87. The average molecular weight is 236 g/mol. The zero-order chi connectivity index (χ0) is 12.3. The summed E-state index contributed by atoms with van der Waals surface area (Å²) in [6.07, 6.45) is 5.78. The van der Waals surface area contributed by atoms with Crippen molar-refractivity contribution >= 4 is 11.6 Å². The fourth-order valence-corrected chi connectivity index (χ4v) is 2.20. The smallest absolute Gasteiger partial charge is 0.134 e. The summed E-state index contributed by atoms with van der Waals surface area (Å²) in [7, 11) is 1.77. The molecule has 0 radical (unpaired) electrons. The van der Waals surface area contributed by atoms with E-state index in [1.54, 1.807) is 7.11 Å². The van der Waals surface area contributed by atoms with Crippen molar-refractivity contribution in [3.05, 3.63) is 11.9 Å². The van der Waals surface area contributed by atoms with Crippen molar-refractivity contribution in [3.63, 3.8) is 0 Å². The van der Waals surface area contributed by atoms with Gasteiger partial charge in [0.2, 0.25) is 0 Å². The molecule has 1 fully saturated rings. The third-order valence-electron chi connectivity index (χ3n) is 3.61. The van der Waals surface area contributed by atoms with E-state index in [1.807, 2.05) is 0 Å². The molecule has 0 aromatic carbocycles. The molecule has 1 aliphatic rings. The first kappa shape index (κ1) is 12.1. The molecule has 0 atom stereocenters. The molecular weight excluding hydrogens is 216 g/mol. The molecule has 2 rings (SSSR count). The van der Waals surface area contributed by atoms with Gasteiger partial charge >= 0.3 is 0 Å². The molecule has 1 aromatic rings. The average Bonchev–Trinajstić information content (AvgIpc) is 2.28. The van der Waals surface area contributed by atoms with Gasteiger partial charge in [-0.15, -0.1) is 0 Å². The molecule has 0 bridgehead atoms. The molecule has 1 heterocycles. The predicted molar refractivity (Wildman–Crippen MR) is 67.9 cm³/mol. The number of hydrogen-bond acceptors (Lipinski definition) is 5. The molecule has 3 N–H and O–H groups in total. The Labute approximate surface area is 102 Å². The number of nitrogen functional groups attached to an aromatic ring is 1. The van der Waals surface area contributed by atoms with E-state index in [2.05, 4.69) is 22.2 Å². The summed E-state index contributed by atoms with van der Waals surface area (Å²) in [4.78, 5) is 8.25. The Morgan fingerprint density at radius 3 is 2.76 bits per heavy atom. The molecule has 5 nitrogen and oxygen atoms in total. The summed E-state index contributed by atoms with van der Waals surface area (Å²) in [5, 5.41) is 3.34. The van der Waals surface area contributed by atoms with Gasteiger partial charge in [0.1, 0.15) is 18.0 Å². The summed E-state index contributed by atoms with van der Waals surface area (Å²) in [5.74, 6) is 1.40. The van der Waals surface area contributed by atoms with Crippen molar-refractivity contribution in [3.8, 4) is 0 Å². The van der Waals surface area contributed by atoms with Crippen molar-refractivity contribution < 1.29 is 4.74 Å². The Hall–Kier alpha value is -1.36. The Morgan fingerprint density at radius 2 is 2.24 bits per heavy atom. The van der Waals surface area contributed by atoms with Crippen LogP contribution >= 0.6 is 0 Å². The van der Waals surface area contributed by atoms with Crippen LogP contribution in [-0.2, 0) is 11.2 Å². The van der Waals surface area contributed by atoms with E-state index < -0.39 is 0 Å². The van der Waals surface area contributed by atoms with Gasteiger partial charge in [-0.25, -0.2) is 9.97 Å². The van der Waals surface area contributed by atoms with Crippen LogP contribution in [0.2, 0.25) is 0 Å². The molecule has 0 spiro atoms. The van der Waals surface area contributed by atoms with Crippen LogP contribution in [0.1, 0.15) is 31.7 Å². The van der Waals surface area contributed by atoms with Gasteiger partial charge in [0.05, 0.1) is 5.60 Å². The van der Waals surface area contributed by atoms with E-state index in [0.29, 0.717) is 5.82 Å². The number of rotatable bonds is 5. The van der Waals surface area contributed by atoms with Crippen molar-refractivity contribution in [2.45, 2.75) is 38.2 Å². The van der Waals surface area contributed by atoms with Crippen LogP contribution in [0.3, 0.4) is 0 Å². The maximum atomic E-state index is 5.83. The van der Waals surface area contributed by atoms with Gasteiger partial charge < -0.3 is 15.8 Å². The lowest BCUT2D eigenvalue weighted by molar-refractivity contribution is -0.0601. The van der Waals surface area contributed by atoms with Crippen LogP contribution in [-0.4, -0.2) is 29.2 Å². The molecule has 17 heavy (non-hydrogen) atoms. The number of nitrogens with zero attached hydrogens (tertiary/aromatic N) is 2. The van der Waals surface area contributed by atoms with Crippen LogP contribution in [0.25, 0.3) is 0 Å². The van der Waals surface area contributed by atoms with E-state index in [0.717, 1.165) is 37.2 Å². The highest BCUT2D eigenvalue weighted by Gasteiger charge is 2.36. The van der Waals surface area contributed by atoms with Crippen LogP contribution in [0.4, 0.5) is 11.6 Å². The number of ether oxygens (including phenoxy) is 1. The molecule has 1 aliphatic carbocycles. The lowest BCUT2D eigenvalue weighted by atomic mass is 9.80. The lowest BCUT2D eigenvalue weighted by Crippen LogP contribution is -2.45. The summed E-state index contributed by atoms with van der Waals surface area (Å²) in [6, 6.07) is 0. The fraction of sp³-hybridized carbons (Fsp3) is 0.667. The Bertz CT molecular complexity index is 385. The zero-order valence-electron chi connectivity index (χ0n) is 10.5. The van der Waals surface area contributed by atoms with Gasteiger partial charge in [-0.2, -0.15) is 0 Å². The van der Waals surface area contributed by atoms with Crippen molar-refractivity contribution in [1.29, 1.82) is 0 Å². The number of anilines is 2. The zero-order valence-corrected chi connectivity index (χ0v) is 10.5. The third kappa shape index (κ3) is 2.34. The highest BCUT2D eigenvalue weighted by Crippen LogP contribution is 2.35. The fourth-order valence-electron chi connectivity index (χ4n) is 2.20. The summed E-state index contributed by atoms with van der Waals surface area (Å²) >= 11 is 0. The van der Waals surface area contributed by atoms with Gasteiger partial charge in [-0.1, -0.05) is 6.92 Å². The number of hydrogen-bond donors (Lipinski definition) is 2. The van der Waals surface area contributed by atoms with E-state index >= 15 is 0 Å². The van der Waals surface area contributed by atoms with E-state index in [4.69, 9.17) is 10.5 Å². The van der Waals surface area contributed by atoms with Gasteiger partial charge in [0, 0.05) is 19.2 Å². The molecule has 94 valence electrons. The summed E-state index contributed by atoms with van der Waals surface area (Å²) in [5.41, 5.74) is 6.80. The van der Waals surface area contributed by atoms with Crippen LogP contribution in [0.5, 0.6) is 0 Å². The second-order valence-corrected chi connectivity index (χ2v) is 4.53. The van der Waals surface area contributed by atoms with Gasteiger partial charge in [-0.05, 0) is 25.7 Å². The molecule has 0 unspecified atom stereocenters. The third-order valence-corrected chi connectivity index (χ3v) is 3.61. The maximum Gasteiger partial charge on any atom is 0.134 e. The minimum atomic E-state index is -0.00920. The van der Waals surface area contributed by atoms with Crippen molar-refractivity contribution in [2.24, 2.45) is 0 Å². The summed E-state index contributed by atoms with van der Waals surface area (Å²) < 4.78 is 5.56. The number of methoxy groups -OCH3 is 1. The molecule has 0 amide bonds. The minimum Gasteiger partial charge on any atom is -0.383 e. The molecular formula is C12H20N4O. The minimum absolute atomic E-state index is 0.00920. The monoisotopic (exact) mass is 236 g/mol. The van der Waals surface area contributed by atoms with Crippen LogP contribution in [0.15, 0.2) is 6.33 Å². The Balaban J connectivity index is 2.06. The standard InChI is InChI=1S/C12H20N4O/c1-3-9-10(13)15-8-16-11(9)14-7-12(17-2)5-4-6-12/h8H,3-7H2,1-2H3,(H3,13,14,15,16). The predicted octanol–water partition coefficient (Wildman–Crippen LogP) is 1.60. The van der Waals surface area contributed by atoms with E-state index in [1.165, 1.54) is 12.7 Å². The van der Waals surface area contributed by atoms with Gasteiger partial charge in [0.25, 0.3) is 0 Å². The quantitative estimate of drug-likeness (QED) is 0.812. The highest BCUT2D eigenvalue weighted by molar-refractivity contribution is 5.55. The lowest BCUT2D eigenvalue weighted by Gasteiger charge is -2.40. The van der Waals surface area contributed by atoms with Gasteiger partial charge in [0.15, 0.2) is 0 Å². The SMILES string of the molecule is CCc1c(N)ncnc1NCC1(OC)CCC1. The first-order chi connectivity index (χ1) is 8.21. The van der Waals surface area contributed by atoms with E-state index in [9.17, 15) is 0 Å². The largest absolute Gasteiger partial charge is 0.383 e. The number of nitrogens with one attached hydrogen (secondary N) is 1. The molecule has 5 heteroatoms. The van der Waals surface area contributed by atoms with Crippen LogP contribution in [0, 0.1) is 0 Å². The molecule has 0 aliphatic heterocycles. The van der Waals surface area contributed by atoms with Crippen molar-refractivity contribution in [1.82, 2.24) is 9.97 Å². The number of nitrogens with two attached hydrogens (primary N) is 1. The normalized spacial score (nSPS) is 17.5. The molecule has 1 saturated carbocycles. The maximum absolute atomic E-state index is 5.83. The van der Waals surface area contributed by atoms with E-state index in [-0.39, 0.29) is 5.60 Å². The Morgan fingerprint density at radius 1 is 1.47 bits per heavy atom. The first-order valence-corrected chi connectivity index (χ1v) is 6.09. The Kier molecular flexibility index (Phi) is 3.47. The topological polar surface area (TPSA) is 73.1 Å². The van der Waals surface area contributed by atoms with Crippen molar-refractivity contribution in [2.75, 3.05) is 24.7 Å². The van der Waals surface area contributed by atoms with Crippen LogP contribution < -0.4 is 11.1 Å². The second-order valence-electron chi connectivity index (χ2n) is 4.53. The highest BCUT2D eigenvalue weighted by atomic mass is 16.5. The first-order valence-electron chi connectivity index (χ1n) is 6.09. The molecule has 1 aromatic heterocycles. The van der Waals surface area contributed by atoms with Gasteiger partial charge in [-0.3, -0.25) is 0 Å².